The number of benzene rings is 2. The summed E-state index contributed by atoms with van der Waals surface area (Å²) in [6, 6.07) is 10.7. The Labute approximate surface area is 139 Å². The van der Waals surface area contributed by atoms with Crippen molar-refractivity contribution in [3.63, 3.8) is 0 Å². The van der Waals surface area contributed by atoms with Crippen LogP contribution in [0.15, 0.2) is 53.4 Å². The summed E-state index contributed by atoms with van der Waals surface area (Å²) in [5.41, 5.74) is -0.692. The Balaban J connectivity index is 2.37. The predicted octanol–water partition coefficient (Wildman–Crippen LogP) is 4.70. The number of alkyl halides is 3. The molecule has 0 atom stereocenters. The van der Waals surface area contributed by atoms with E-state index in [9.17, 15) is 21.6 Å². The molecule has 130 valence electrons. The van der Waals surface area contributed by atoms with Gasteiger partial charge in [0.2, 0.25) is 0 Å². The molecule has 0 aliphatic rings. The molecule has 0 amide bonds. The van der Waals surface area contributed by atoms with Crippen molar-refractivity contribution in [1.82, 2.24) is 0 Å². The average Bonchev–Trinajstić information content (AvgIpc) is 2.46. The van der Waals surface area contributed by atoms with E-state index in [0.29, 0.717) is 12.3 Å². The number of hydrogen-bond donors (Lipinski definition) is 1. The molecule has 0 spiro atoms. The zero-order valence-electron chi connectivity index (χ0n) is 13.3. The lowest BCUT2D eigenvalue weighted by atomic mass is 10.0. The van der Waals surface area contributed by atoms with Crippen LogP contribution >= 0.6 is 0 Å². The summed E-state index contributed by atoms with van der Waals surface area (Å²) in [5, 5.41) is 0. The van der Waals surface area contributed by atoms with Crippen molar-refractivity contribution >= 4 is 15.7 Å². The van der Waals surface area contributed by atoms with Gasteiger partial charge in [-0.3, -0.25) is 4.72 Å². The maximum atomic E-state index is 13.0. The second kappa shape index (κ2) is 6.84. The number of rotatable bonds is 5. The molecule has 0 heterocycles. The van der Waals surface area contributed by atoms with Crippen LogP contribution in [0.1, 0.15) is 25.0 Å². The first kappa shape index (κ1) is 18.3. The molecule has 0 aliphatic carbocycles. The van der Waals surface area contributed by atoms with Gasteiger partial charge in [0.15, 0.2) is 0 Å². The first-order valence-corrected chi connectivity index (χ1v) is 8.86. The number of halogens is 3. The Morgan fingerprint density at radius 3 is 2.33 bits per heavy atom. The first-order valence-electron chi connectivity index (χ1n) is 7.37. The number of anilines is 1. The second-order valence-corrected chi connectivity index (χ2v) is 7.58. The van der Waals surface area contributed by atoms with Crippen LogP contribution in [0.5, 0.6) is 0 Å². The van der Waals surface area contributed by atoms with Crippen molar-refractivity contribution in [3.8, 4) is 0 Å². The molecule has 0 saturated carbocycles. The Hall–Kier alpha value is -2.02. The van der Waals surface area contributed by atoms with Gasteiger partial charge in [0.05, 0.1) is 16.1 Å². The highest BCUT2D eigenvalue weighted by Crippen LogP contribution is 2.35. The van der Waals surface area contributed by atoms with Gasteiger partial charge in [-0.05, 0) is 42.2 Å². The summed E-state index contributed by atoms with van der Waals surface area (Å²) >= 11 is 0. The van der Waals surface area contributed by atoms with Crippen molar-refractivity contribution in [2.75, 3.05) is 4.72 Å². The summed E-state index contributed by atoms with van der Waals surface area (Å²) in [5.74, 6) is 0.335. The molecule has 24 heavy (non-hydrogen) atoms. The number of para-hydroxylation sites is 1. The van der Waals surface area contributed by atoms with Gasteiger partial charge in [-0.25, -0.2) is 8.42 Å². The minimum absolute atomic E-state index is 0.0578. The van der Waals surface area contributed by atoms with Crippen LogP contribution in [0.3, 0.4) is 0 Å². The van der Waals surface area contributed by atoms with E-state index in [-0.39, 0.29) is 4.90 Å². The van der Waals surface area contributed by atoms with Crippen molar-refractivity contribution in [1.29, 1.82) is 0 Å². The molecule has 0 unspecified atom stereocenters. The van der Waals surface area contributed by atoms with E-state index in [4.69, 9.17) is 0 Å². The minimum Gasteiger partial charge on any atom is -0.279 e. The average molecular weight is 357 g/mol. The highest BCUT2D eigenvalue weighted by atomic mass is 32.2. The second-order valence-electron chi connectivity index (χ2n) is 5.89. The molecule has 0 aliphatic heterocycles. The molecule has 2 aromatic rings. The van der Waals surface area contributed by atoms with Gasteiger partial charge in [-0.15, -0.1) is 0 Å². The van der Waals surface area contributed by atoms with Crippen LogP contribution in [0, 0.1) is 5.92 Å². The fourth-order valence-electron chi connectivity index (χ4n) is 2.33. The van der Waals surface area contributed by atoms with Crippen molar-refractivity contribution in [3.05, 3.63) is 59.7 Å². The van der Waals surface area contributed by atoms with Gasteiger partial charge in [-0.2, -0.15) is 13.2 Å². The Kier molecular flexibility index (Phi) is 5.22. The lowest BCUT2D eigenvalue weighted by Gasteiger charge is -2.15. The molecule has 0 aromatic heterocycles. The summed E-state index contributed by atoms with van der Waals surface area (Å²) in [6.45, 7) is 4.00. The standard InChI is InChI=1S/C17H18F3NO2S/c1-12(2)10-13-6-5-7-14(11-13)24(22,23)21-16-9-4-3-8-15(16)17(18,19)20/h3-9,11-12,21H,10H2,1-2H3. The highest BCUT2D eigenvalue weighted by Gasteiger charge is 2.34. The van der Waals surface area contributed by atoms with Crippen molar-refractivity contribution in [2.45, 2.75) is 31.3 Å². The lowest BCUT2D eigenvalue weighted by molar-refractivity contribution is -0.136. The molecule has 0 fully saturated rings. The predicted molar refractivity (Wildman–Crippen MR) is 87.2 cm³/mol. The normalized spacial score (nSPS) is 12.4. The molecular formula is C17H18F3NO2S. The van der Waals surface area contributed by atoms with E-state index in [2.05, 4.69) is 0 Å². The van der Waals surface area contributed by atoms with E-state index in [1.807, 2.05) is 18.6 Å². The maximum Gasteiger partial charge on any atom is 0.418 e. The molecular weight excluding hydrogens is 339 g/mol. The summed E-state index contributed by atoms with van der Waals surface area (Å²) < 4.78 is 65.9. The fraction of sp³-hybridized carbons (Fsp3) is 0.294. The van der Waals surface area contributed by atoms with Gasteiger partial charge in [0.25, 0.3) is 10.0 Å². The van der Waals surface area contributed by atoms with Crippen LogP contribution in [-0.2, 0) is 22.6 Å². The van der Waals surface area contributed by atoms with Crippen LogP contribution in [0.4, 0.5) is 18.9 Å². The van der Waals surface area contributed by atoms with E-state index in [0.717, 1.165) is 17.7 Å². The van der Waals surface area contributed by atoms with Crippen LogP contribution < -0.4 is 4.72 Å². The number of hydrogen-bond acceptors (Lipinski definition) is 2. The molecule has 0 saturated heterocycles. The number of nitrogens with one attached hydrogen (secondary N) is 1. The van der Waals surface area contributed by atoms with E-state index in [1.165, 1.54) is 24.3 Å². The van der Waals surface area contributed by atoms with E-state index < -0.39 is 27.5 Å². The molecule has 1 N–H and O–H groups in total. The number of sulfonamides is 1. The highest BCUT2D eigenvalue weighted by molar-refractivity contribution is 7.92. The fourth-order valence-corrected chi connectivity index (χ4v) is 3.48. The zero-order chi connectivity index (χ0) is 18.0. The third-order valence-corrected chi connectivity index (χ3v) is 4.69. The molecule has 7 heteroatoms. The van der Waals surface area contributed by atoms with Gasteiger partial charge in [0, 0.05) is 0 Å². The maximum absolute atomic E-state index is 13.0. The zero-order valence-corrected chi connectivity index (χ0v) is 14.1. The van der Waals surface area contributed by atoms with Gasteiger partial charge in [0.1, 0.15) is 0 Å². The van der Waals surface area contributed by atoms with E-state index >= 15 is 0 Å². The van der Waals surface area contributed by atoms with Gasteiger partial charge >= 0.3 is 6.18 Å². The Morgan fingerprint density at radius 2 is 1.71 bits per heavy atom. The topological polar surface area (TPSA) is 46.2 Å². The third-order valence-electron chi connectivity index (χ3n) is 3.33. The van der Waals surface area contributed by atoms with Gasteiger partial charge in [-0.1, -0.05) is 38.1 Å². The Morgan fingerprint density at radius 1 is 1.04 bits per heavy atom. The van der Waals surface area contributed by atoms with Crippen molar-refractivity contribution < 1.29 is 21.6 Å². The van der Waals surface area contributed by atoms with E-state index in [1.54, 1.807) is 12.1 Å². The largest absolute Gasteiger partial charge is 0.418 e. The molecule has 2 rings (SSSR count). The first-order chi connectivity index (χ1) is 11.1. The monoisotopic (exact) mass is 357 g/mol. The smallest absolute Gasteiger partial charge is 0.279 e. The minimum atomic E-state index is -4.64. The van der Waals surface area contributed by atoms with Crippen LogP contribution in [-0.4, -0.2) is 8.42 Å². The summed E-state index contributed by atoms with van der Waals surface area (Å²) in [4.78, 5) is -0.0578. The molecule has 0 radical (unpaired) electrons. The molecule has 2 aromatic carbocycles. The molecule has 0 bridgehead atoms. The summed E-state index contributed by atoms with van der Waals surface area (Å²) in [6.07, 6.45) is -3.96. The molecule has 3 nitrogen and oxygen atoms in total. The van der Waals surface area contributed by atoms with Gasteiger partial charge < -0.3 is 0 Å². The van der Waals surface area contributed by atoms with Crippen LogP contribution in [0.25, 0.3) is 0 Å². The quantitative estimate of drug-likeness (QED) is 0.843. The third kappa shape index (κ3) is 4.50. The Bertz CT molecular complexity index is 815. The van der Waals surface area contributed by atoms with Crippen LogP contribution in [0.2, 0.25) is 0 Å². The van der Waals surface area contributed by atoms with Crippen molar-refractivity contribution in [2.24, 2.45) is 5.92 Å². The SMILES string of the molecule is CC(C)Cc1cccc(S(=O)(=O)Nc2ccccc2C(F)(F)F)c1. The summed E-state index contributed by atoms with van der Waals surface area (Å²) in [7, 11) is -4.10. The lowest BCUT2D eigenvalue weighted by Crippen LogP contribution is -2.17.